The monoisotopic (exact) mass is 296 g/mol. The lowest BCUT2D eigenvalue weighted by Crippen LogP contribution is -2.31. The largest absolute Gasteiger partial charge is 0.323 e. The molecular weight excluding hydrogens is 263 g/mol. The predicted octanol–water partition coefficient (Wildman–Crippen LogP) is 6.35. The first-order valence-corrected chi connectivity index (χ1v) is 11.3. The standard InChI is InChI=1S/C18H33OP/c19-20(16-10-4-1-5-11-16,17-12-6-2-7-13-17)18-14-8-3-9-15-18/h16-18H,1-15H2. The van der Waals surface area contributed by atoms with Gasteiger partial charge in [-0.2, -0.15) is 0 Å². The van der Waals surface area contributed by atoms with Crippen molar-refractivity contribution in [2.75, 3.05) is 0 Å². The molecule has 0 heterocycles. The van der Waals surface area contributed by atoms with Gasteiger partial charge >= 0.3 is 0 Å². The first kappa shape index (κ1) is 15.1. The molecule has 0 saturated heterocycles. The first-order valence-electron chi connectivity index (χ1n) is 9.41. The van der Waals surface area contributed by atoms with Crippen LogP contribution in [0.25, 0.3) is 0 Å². The molecule has 0 aromatic heterocycles. The third kappa shape index (κ3) is 3.03. The van der Waals surface area contributed by atoms with E-state index in [-0.39, 0.29) is 0 Å². The van der Waals surface area contributed by atoms with Crippen molar-refractivity contribution in [1.29, 1.82) is 0 Å². The summed E-state index contributed by atoms with van der Waals surface area (Å²) < 4.78 is 14.3. The van der Waals surface area contributed by atoms with Crippen LogP contribution in [0.15, 0.2) is 0 Å². The zero-order chi connectivity index (χ0) is 13.8. The Kier molecular flexibility index (Phi) is 5.29. The lowest BCUT2D eigenvalue weighted by Gasteiger charge is -2.44. The van der Waals surface area contributed by atoms with Gasteiger partial charge in [-0.3, -0.25) is 0 Å². The maximum absolute atomic E-state index is 14.3. The molecule has 0 radical (unpaired) electrons. The van der Waals surface area contributed by atoms with E-state index >= 15 is 0 Å². The molecule has 0 aliphatic heterocycles. The summed E-state index contributed by atoms with van der Waals surface area (Å²) in [6.07, 6.45) is 20.1. The second-order valence-electron chi connectivity index (χ2n) is 7.64. The predicted molar refractivity (Wildman–Crippen MR) is 88.2 cm³/mol. The van der Waals surface area contributed by atoms with E-state index in [9.17, 15) is 4.57 Å². The van der Waals surface area contributed by atoms with E-state index in [2.05, 4.69) is 0 Å². The Labute approximate surface area is 125 Å². The lowest BCUT2D eigenvalue weighted by atomic mass is 9.99. The molecule has 3 fully saturated rings. The van der Waals surface area contributed by atoms with Crippen molar-refractivity contribution in [2.45, 2.75) is 113 Å². The molecule has 20 heavy (non-hydrogen) atoms. The van der Waals surface area contributed by atoms with Crippen LogP contribution in [-0.4, -0.2) is 17.0 Å². The van der Waals surface area contributed by atoms with Crippen molar-refractivity contribution >= 4 is 7.14 Å². The van der Waals surface area contributed by atoms with Crippen molar-refractivity contribution in [3.05, 3.63) is 0 Å². The highest BCUT2D eigenvalue weighted by Gasteiger charge is 2.46. The van der Waals surface area contributed by atoms with Gasteiger partial charge in [-0.05, 0) is 38.5 Å². The van der Waals surface area contributed by atoms with Gasteiger partial charge in [0.25, 0.3) is 0 Å². The van der Waals surface area contributed by atoms with Crippen molar-refractivity contribution in [3.8, 4) is 0 Å². The van der Waals surface area contributed by atoms with Gasteiger partial charge in [0.15, 0.2) is 0 Å². The molecule has 3 rings (SSSR count). The summed E-state index contributed by atoms with van der Waals surface area (Å²) in [5.41, 5.74) is 1.88. The minimum atomic E-state index is -1.95. The van der Waals surface area contributed by atoms with Crippen LogP contribution in [0, 0.1) is 0 Å². The van der Waals surface area contributed by atoms with E-state index in [4.69, 9.17) is 0 Å². The van der Waals surface area contributed by atoms with Gasteiger partial charge in [-0.25, -0.2) is 0 Å². The van der Waals surface area contributed by atoms with E-state index in [0.29, 0.717) is 17.0 Å². The summed E-state index contributed by atoms with van der Waals surface area (Å²) >= 11 is 0. The zero-order valence-electron chi connectivity index (χ0n) is 13.2. The molecule has 116 valence electrons. The molecule has 3 aliphatic rings. The first-order chi connectivity index (χ1) is 9.82. The van der Waals surface area contributed by atoms with E-state index < -0.39 is 7.14 Å². The van der Waals surface area contributed by atoms with E-state index in [0.717, 1.165) is 0 Å². The smallest absolute Gasteiger partial charge is 0.0964 e. The highest BCUT2D eigenvalue weighted by Crippen LogP contribution is 2.68. The van der Waals surface area contributed by atoms with E-state index in [1.54, 1.807) is 0 Å². The number of rotatable bonds is 3. The molecule has 0 bridgehead atoms. The molecule has 2 heteroatoms. The molecule has 3 aliphatic carbocycles. The van der Waals surface area contributed by atoms with Crippen molar-refractivity contribution in [2.24, 2.45) is 0 Å². The van der Waals surface area contributed by atoms with Crippen LogP contribution in [0.5, 0.6) is 0 Å². The number of hydrogen-bond donors (Lipinski definition) is 0. The van der Waals surface area contributed by atoms with Gasteiger partial charge in [0.05, 0.1) is 7.14 Å². The molecule has 0 aromatic rings. The van der Waals surface area contributed by atoms with Gasteiger partial charge in [0, 0.05) is 17.0 Å². The summed E-state index contributed by atoms with van der Waals surface area (Å²) in [7, 11) is -1.95. The van der Waals surface area contributed by atoms with Gasteiger partial charge in [0.1, 0.15) is 0 Å². The van der Waals surface area contributed by atoms with E-state index in [1.807, 2.05) is 0 Å². The van der Waals surface area contributed by atoms with Gasteiger partial charge in [-0.1, -0.05) is 57.8 Å². The Morgan fingerprint density at radius 2 is 0.700 bits per heavy atom. The highest BCUT2D eigenvalue weighted by atomic mass is 31.2. The Bertz CT molecular complexity index is 281. The zero-order valence-corrected chi connectivity index (χ0v) is 14.1. The van der Waals surface area contributed by atoms with E-state index in [1.165, 1.54) is 96.3 Å². The van der Waals surface area contributed by atoms with Crippen molar-refractivity contribution in [3.63, 3.8) is 0 Å². The molecule has 0 unspecified atom stereocenters. The maximum Gasteiger partial charge on any atom is 0.0964 e. The summed E-state index contributed by atoms with van der Waals surface area (Å²) in [5, 5.41) is 0. The molecule has 0 spiro atoms. The second kappa shape index (κ2) is 6.99. The molecule has 3 saturated carbocycles. The summed E-state index contributed by atoms with van der Waals surface area (Å²) in [4.78, 5) is 0. The molecule has 0 atom stereocenters. The Morgan fingerprint density at radius 1 is 0.450 bits per heavy atom. The SMILES string of the molecule is O=P(C1CCCCC1)(C1CCCCC1)C1CCCCC1. The summed E-state index contributed by atoms with van der Waals surface area (Å²) in [6, 6.07) is 0. The summed E-state index contributed by atoms with van der Waals surface area (Å²) in [6.45, 7) is 0. The summed E-state index contributed by atoms with van der Waals surface area (Å²) in [5.74, 6) is 0. The third-order valence-corrected chi connectivity index (χ3v) is 11.4. The fourth-order valence-electron chi connectivity index (χ4n) is 5.35. The van der Waals surface area contributed by atoms with Gasteiger partial charge < -0.3 is 4.57 Å². The minimum absolute atomic E-state index is 0.627. The molecule has 0 N–H and O–H groups in total. The van der Waals surface area contributed by atoms with Crippen LogP contribution in [0.3, 0.4) is 0 Å². The highest BCUT2D eigenvalue weighted by molar-refractivity contribution is 7.66. The fraction of sp³-hybridized carbons (Fsp3) is 1.00. The topological polar surface area (TPSA) is 17.1 Å². The molecular formula is C18H33OP. The third-order valence-electron chi connectivity index (χ3n) is 6.44. The van der Waals surface area contributed by atoms with Crippen molar-refractivity contribution < 1.29 is 4.57 Å². The average Bonchev–Trinajstić information content (AvgIpc) is 2.56. The van der Waals surface area contributed by atoms with Crippen LogP contribution in [-0.2, 0) is 4.57 Å². The van der Waals surface area contributed by atoms with Crippen LogP contribution in [0.1, 0.15) is 96.3 Å². The van der Waals surface area contributed by atoms with Crippen LogP contribution in [0.4, 0.5) is 0 Å². The van der Waals surface area contributed by atoms with Crippen LogP contribution >= 0.6 is 7.14 Å². The quantitative estimate of drug-likeness (QED) is 0.555. The molecule has 0 aromatic carbocycles. The Balaban J connectivity index is 1.81. The lowest BCUT2D eigenvalue weighted by molar-refractivity contribution is 0.418. The fourth-order valence-corrected chi connectivity index (χ4v) is 10.7. The van der Waals surface area contributed by atoms with Crippen LogP contribution in [0.2, 0.25) is 0 Å². The Hall–Kier alpha value is 0.230. The minimum Gasteiger partial charge on any atom is -0.323 e. The normalized spacial score (nSPS) is 28.6. The van der Waals surface area contributed by atoms with Crippen molar-refractivity contribution in [1.82, 2.24) is 0 Å². The van der Waals surface area contributed by atoms with Crippen LogP contribution < -0.4 is 0 Å². The maximum atomic E-state index is 14.3. The van der Waals surface area contributed by atoms with Gasteiger partial charge in [-0.15, -0.1) is 0 Å². The second-order valence-corrected chi connectivity index (χ2v) is 11.4. The average molecular weight is 296 g/mol. The molecule has 0 amide bonds. The Morgan fingerprint density at radius 3 is 0.950 bits per heavy atom. The molecule has 1 nitrogen and oxygen atoms in total. The number of hydrogen-bond acceptors (Lipinski definition) is 1. The van der Waals surface area contributed by atoms with Gasteiger partial charge in [0.2, 0.25) is 0 Å².